The first-order valence-corrected chi connectivity index (χ1v) is 8.16. The first kappa shape index (κ1) is 19.2. The Balaban J connectivity index is 2.01. The van der Waals surface area contributed by atoms with Crippen molar-refractivity contribution >= 4 is 29.2 Å². The number of nitrogens with one attached hydrogen (secondary N) is 2. The average molecular weight is 354 g/mol. The Kier molecular flexibility index (Phi) is 5.77. The molecule has 0 saturated heterocycles. The fourth-order valence-electron chi connectivity index (χ4n) is 2.15. The number of hydrogen-bond acceptors (Lipinski definition) is 4. The van der Waals surface area contributed by atoms with E-state index in [1.54, 1.807) is 69.3 Å². The summed E-state index contributed by atoms with van der Waals surface area (Å²) in [6.07, 6.45) is -0.559. The van der Waals surface area contributed by atoms with Gasteiger partial charge in [0.15, 0.2) is 5.78 Å². The molecule has 6 heteroatoms. The molecule has 0 atom stereocenters. The van der Waals surface area contributed by atoms with Crippen molar-refractivity contribution in [3.63, 3.8) is 0 Å². The van der Waals surface area contributed by atoms with Gasteiger partial charge in [-0.25, -0.2) is 4.79 Å². The predicted octanol–water partition coefficient (Wildman–Crippen LogP) is 4.49. The van der Waals surface area contributed by atoms with E-state index in [4.69, 9.17) is 4.74 Å². The Morgan fingerprint density at radius 2 is 1.50 bits per heavy atom. The second-order valence-electron chi connectivity index (χ2n) is 6.80. The number of carbonyl (C=O) groups is 3. The van der Waals surface area contributed by atoms with Gasteiger partial charge in [-0.05, 0) is 64.1 Å². The van der Waals surface area contributed by atoms with Gasteiger partial charge in [-0.1, -0.05) is 12.1 Å². The first-order chi connectivity index (χ1) is 12.1. The molecule has 2 aromatic rings. The van der Waals surface area contributed by atoms with Crippen molar-refractivity contribution in [2.24, 2.45) is 0 Å². The molecule has 0 aliphatic carbocycles. The average Bonchev–Trinajstić information content (AvgIpc) is 2.53. The highest BCUT2D eigenvalue weighted by Crippen LogP contribution is 2.16. The Morgan fingerprint density at radius 3 is 2.08 bits per heavy atom. The van der Waals surface area contributed by atoms with Gasteiger partial charge in [0.2, 0.25) is 0 Å². The van der Waals surface area contributed by atoms with E-state index < -0.39 is 11.7 Å². The maximum atomic E-state index is 12.3. The fourth-order valence-corrected chi connectivity index (χ4v) is 2.15. The van der Waals surface area contributed by atoms with E-state index in [0.29, 0.717) is 22.5 Å². The number of hydrogen-bond donors (Lipinski definition) is 2. The lowest BCUT2D eigenvalue weighted by Crippen LogP contribution is -2.27. The zero-order chi connectivity index (χ0) is 19.3. The molecular weight excluding hydrogens is 332 g/mol. The van der Waals surface area contributed by atoms with E-state index in [0.717, 1.165) is 0 Å². The van der Waals surface area contributed by atoms with Crippen LogP contribution in [0.3, 0.4) is 0 Å². The molecule has 0 saturated carbocycles. The Labute approximate surface area is 152 Å². The van der Waals surface area contributed by atoms with Crippen LogP contribution in [0.1, 0.15) is 48.4 Å². The molecule has 2 amide bonds. The smallest absolute Gasteiger partial charge is 0.412 e. The number of anilines is 2. The number of rotatable bonds is 4. The molecule has 0 spiro atoms. The van der Waals surface area contributed by atoms with Crippen LogP contribution in [0.15, 0.2) is 48.5 Å². The molecule has 0 fully saturated rings. The number of amides is 2. The lowest BCUT2D eigenvalue weighted by Gasteiger charge is -2.19. The van der Waals surface area contributed by atoms with E-state index in [-0.39, 0.29) is 11.7 Å². The van der Waals surface area contributed by atoms with Crippen LogP contribution in [-0.4, -0.2) is 23.4 Å². The van der Waals surface area contributed by atoms with Crippen molar-refractivity contribution in [3.8, 4) is 0 Å². The highest BCUT2D eigenvalue weighted by atomic mass is 16.6. The van der Waals surface area contributed by atoms with E-state index in [1.165, 1.54) is 6.92 Å². The van der Waals surface area contributed by atoms with Gasteiger partial charge in [-0.2, -0.15) is 0 Å². The number of carbonyl (C=O) groups excluding carboxylic acids is 3. The molecule has 0 unspecified atom stereocenters. The Bertz CT molecular complexity index is 820. The molecule has 2 N–H and O–H groups in total. The molecule has 0 aromatic heterocycles. The molecule has 26 heavy (non-hydrogen) atoms. The van der Waals surface area contributed by atoms with Gasteiger partial charge in [0.25, 0.3) is 5.91 Å². The second kappa shape index (κ2) is 7.82. The third-order valence-electron chi connectivity index (χ3n) is 3.32. The Hall–Kier alpha value is -3.15. The normalized spacial score (nSPS) is 10.8. The van der Waals surface area contributed by atoms with Crippen molar-refractivity contribution in [3.05, 3.63) is 59.7 Å². The van der Waals surface area contributed by atoms with Gasteiger partial charge in [0.1, 0.15) is 5.60 Å². The molecule has 2 rings (SSSR count). The van der Waals surface area contributed by atoms with Gasteiger partial charge in [-0.15, -0.1) is 0 Å². The molecule has 0 heterocycles. The summed E-state index contributed by atoms with van der Waals surface area (Å²) < 4.78 is 5.17. The number of ether oxygens (including phenoxy) is 1. The summed E-state index contributed by atoms with van der Waals surface area (Å²) in [4.78, 5) is 35.5. The zero-order valence-corrected chi connectivity index (χ0v) is 15.3. The van der Waals surface area contributed by atoms with Crippen LogP contribution in [0.5, 0.6) is 0 Å². The van der Waals surface area contributed by atoms with Crippen LogP contribution in [0.4, 0.5) is 16.2 Å². The topological polar surface area (TPSA) is 84.5 Å². The van der Waals surface area contributed by atoms with Crippen LogP contribution >= 0.6 is 0 Å². The third-order valence-corrected chi connectivity index (χ3v) is 3.32. The van der Waals surface area contributed by atoms with Crippen molar-refractivity contribution in [1.29, 1.82) is 0 Å². The fraction of sp³-hybridized carbons (Fsp3) is 0.250. The quantitative estimate of drug-likeness (QED) is 0.792. The van der Waals surface area contributed by atoms with Crippen LogP contribution in [0.25, 0.3) is 0 Å². The van der Waals surface area contributed by atoms with E-state index in [9.17, 15) is 14.4 Å². The maximum absolute atomic E-state index is 12.3. The van der Waals surface area contributed by atoms with Crippen LogP contribution in [-0.2, 0) is 4.74 Å². The van der Waals surface area contributed by atoms with Gasteiger partial charge < -0.3 is 10.1 Å². The van der Waals surface area contributed by atoms with E-state index >= 15 is 0 Å². The molecule has 136 valence electrons. The molecular formula is C20H22N2O4. The zero-order valence-electron chi connectivity index (χ0n) is 15.3. The second-order valence-corrected chi connectivity index (χ2v) is 6.80. The standard InChI is InChI=1S/C20H22N2O4/c1-13(23)15-6-5-7-17(12-15)21-18(24)14-8-10-16(11-9-14)22-19(25)26-20(2,3)4/h5-12H,1-4H3,(H,21,24)(H,22,25). The lowest BCUT2D eigenvalue weighted by atomic mass is 10.1. The minimum Gasteiger partial charge on any atom is -0.444 e. The number of ketones is 1. The summed E-state index contributed by atoms with van der Waals surface area (Å²) in [5.74, 6) is -0.381. The lowest BCUT2D eigenvalue weighted by molar-refractivity contribution is 0.0635. The van der Waals surface area contributed by atoms with Crippen molar-refractivity contribution in [2.75, 3.05) is 10.6 Å². The number of Topliss-reactive ketones (excluding diaryl/α,β-unsaturated/α-hetero) is 1. The van der Waals surface area contributed by atoms with E-state index in [2.05, 4.69) is 10.6 Å². The van der Waals surface area contributed by atoms with Gasteiger partial charge in [0.05, 0.1) is 0 Å². The molecule has 0 radical (unpaired) electrons. The summed E-state index contributed by atoms with van der Waals surface area (Å²) >= 11 is 0. The Morgan fingerprint density at radius 1 is 0.846 bits per heavy atom. The van der Waals surface area contributed by atoms with Gasteiger partial charge >= 0.3 is 6.09 Å². The minimum atomic E-state index is -0.585. The number of benzene rings is 2. The predicted molar refractivity (Wildman–Crippen MR) is 101 cm³/mol. The highest BCUT2D eigenvalue weighted by Gasteiger charge is 2.16. The van der Waals surface area contributed by atoms with Crippen molar-refractivity contribution in [1.82, 2.24) is 0 Å². The molecule has 6 nitrogen and oxygen atoms in total. The van der Waals surface area contributed by atoms with Crippen LogP contribution in [0.2, 0.25) is 0 Å². The van der Waals surface area contributed by atoms with Crippen LogP contribution in [0, 0.1) is 0 Å². The van der Waals surface area contributed by atoms with Gasteiger partial charge in [-0.3, -0.25) is 14.9 Å². The maximum Gasteiger partial charge on any atom is 0.412 e. The highest BCUT2D eigenvalue weighted by molar-refractivity contribution is 6.05. The van der Waals surface area contributed by atoms with Gasteiger partial charge in [0, 0.05) is 22.5 Å². The summed E-state index contributed by atoms with van der Waals surface area (Å²) in [7, 11) is 0. The third kappa shape index (κ3) is 5.73. The van der Waals surface area contributed by atoms with E-state index in [1.807, 2.05) is 0 Å². The first-order valence-electron chi connectivity index (χ1n) is 8.16. The molecule has 0 aliphatic rings. The van der Waals surface area contributed by atoms with Crippen molar-refractivity contribution < 1.29 is 19.1 Å². The monoisotopic (exact) mass is 354 g/mol. The largest absolute Gasteiger partial charge is 0.444 e. The summed E-state index contributed by atoms with van der Waals surface area (Å²) in [6.45, 7) is 6.81. The SMILES string of the molecule is CC(=O)c1cccc(NC(=O)c2ccc(NC(=O)OC(C)(C)C)cc2)c1. The summed E-state index contributed by atoms with van der Waals surface area (Å²) in [5, 5.41) is 5.35. The molecule has 0 aliphatic heterocycles. The van der Waals surface area contributed by atoms with Crippen molar-refractivity contribution in [2.45, 2.75) is 33.3 Å². The summed E-state index contributed by atoms with van der Waals surface area (Å²) in [6, 6.07) is 13.2. The molecule has 0 bridgehead atoms. The molecule has 2 aromatic carbocycles. The minimum absolute atomic E-state index is 0.0707. The van der Waals surface area contributed by atoms with Crippen LogP contribution < -0.4 is 10.6 Å². The summed E-state index contributed by atoms with van der Waals surface area (Å²) in [5.41, 5.74) is 1.43.